The summed E-state index contributed by atoms with van der Waals surface area (Å²) >= 11 is 0. The molecule has 91 heavy (non-hydrogen) atoms. The maximum Gasteiger partial charge on any atom is 0.472 e. The number of phosphoric ester groups is 2. The molecule has 19 heteroatoms. The number of ether oxygens (including phenoxy) is 4. The molecule has 0 aliphatic carbocycles. The number of aliphatic hydroxyl groups excluding tert-OH is 1. The Hall–Kier alpha value is -1.94. The van der Waals surface area contributed by atoms with Gasteiger partial charge in [0.1, 0.15) is 19.3 Å². The lowest BCUT2D eigenvalue weighted by molar-refractivity contribution is -0.161. The fourth-order valence-corrected chi connectivity index (χ4v) is 12.4. The Balaban J connectivity index is 5.20. The van der Waals surface area contributed by atoms with Crippen molar-refractivity contribution in [2.75, 3.05) is 39.6 Å². The molecule has 0 radical (unpaired) electrons. The zero-order valence-electron chi connectivity index (χ0n) is 59.5. The number of hydrogen-bond donors (Lipinski definition) is 3. The number of hydrogen-bond acceptors (Lipinski definition) is 15. The fraction of sp³-hybridized carbons (Fsp3) is 0.944. The summed E-state index contributed by atoms with van der Waals surface area (Å²) in [6, 6.07) is 0. The zero-order chi connectivity index (χ0) is 67.5. The number of carbonyl (C=O) groups excluding carboxylic acids is 4. The van der Waals surface area contributed by atoms with Gasteiger partial charge in [-0.05, 0) is 49.4 Å². The molecule has 0 aliphatic heterocycles. The lowest BCUT2D eigenvalue weighted by Gasteiger charge is -2.21. The van der Waals surface area contributed by atoms with Crippen LogP contribution >= 0.6 is 15.6 Å². The van der Waals surface area contributed by atoms with Gasteiger partial charge in [0, 0.05) is 25.7 Å². The van der Waals surface area contributed by atoms with Crippen LogP contribution in [0.3, 0.4) is 0 Å². The van der Waals surface area contributed by atoms with Crippen molar-refractivity contribution in [3.05, 3.63) is 0 Å². The molecule has 0 saturated heterocycles. The van der Waals surface area contributed by atoms with Gasteiger partial charge in [0.15, 0.2) is 12.2 Å². The van der Waals surface area contributed by atoms with Crippen molar-refractivity contribution >= 4 is 39.5 Å². The Bertz CT molecular complexity index is 1800. The summed E-state index contributed by atoms with van der Waals surface area (Å²) in [6.07, 6.45) is 44.7. The van der Waals surface area contributed by atoms with Crippen molar-refractivity contribution in [1.29, 1.82) is 0 Å². The first-order valence-electron chi connectivity index (χ1n) is 37.2. The molecule has 0 aromatic carbocycles. The highest BCUT2D eigenvalue weighted by Crippen LogP contribution is 2.45. The molecule has 0 bridgehead atoms. The van der Waals surface area contributed by atoms with Crippen LogP contribution in [-0.2, 0) is 65.4 Å². The molecule has 0 aromatic heterocycles. The van der Waals surface area contributed by atoms with E-state index in [4.69, 9.17) is 37.0 Å². The summed E-state index contributed by atoms with van der Waals surface area (Å²) in [6.45, 7) is 14.1. The van der Waals surface area contributed by atoms with Crippen molar-refractivity contribution in [3.63, 3.8) is 0 Å². The monoisotopic (exact) mass is 1340 g/mol. The molecule has 0 aliphatic rings. The Morgan fingerprint density at radius 2 is 0.462 bits per heavy atom. The lowest BCUT2D eigenvalue weighted by atomic mass is 10.0. The van der Waals surface area contributed by atoms with Crippen molar-refractivity contribution < 1.29 is 80.2 Å². The summed E-state index contributed by atoms with van der Waals surface area (Å²) in [7, 11) is -9.90. The average Bonchev–Trinajstić information content (AvgIpc) is 3.52. The normalized spacial score (nSPS) is 14.2. The summed E-state index contributed by atoms with van der Waals surface area (Å²) < 4.78 is 68.3. The van der Waals surface area contributed by atoms with Crippen molar-refractivity contribution in [3.8, 4) is 0 Å². The molecule has 0 amide bonds. The Kier molecular flexibility index (Phi) is 60.3. The third-order valence-corrected chi connectivity index (χ3v) is 18.5. The number of rotatable bonds is 69. The van der Waals surface area contributed by atoms with Crippen molar-refractivity contribution in [1.82, 2.24) is 0 Å². The van der Waals surface area contributed by atoms with E-state index in [2.05, 4.69) is 55.4 Å². The fourth-order valence-electron chi connectivity index (χ4n) is 10.8. The van der Waals surface area contributed by atoms with Crippen LogP contribution in [0.4, 0.5) is 0 Å². The van der Waals surface area contributed by atoms with E-state index in [-0.39, 0.29) is 25.7 Å². The molecule has 3 N–H and O–H groups in total. The minimum Gasteiger partial charge on any atom is -0.462 e. The van der Waals surface area contributed by atoms with Crippen LogP contribution in [0.1, 0.15) is 357 Å². The van der Waals surface area contributed by atoms with Crippen LogP contribution in [-0.4, -0.2) is 96.7 Å². The number of aliphatic hydroxyl groups is 1. The van der Waals surface area contributed by atoms with Gasteiger partial charge in [0.2, 0.25) is 0 Å². The molecule has 5 atom stereocenters. The first-order valence-corrected chi connectivity index (χ1v) is 40.2. The van der Waals surface area contributed by atoms with E-state index in [0.717, 1.165) is 115 Å². The summed E-state index contributed by atoms with van der Waals surface area (Å²) in [4.78, 5) is 72.6. The van der Waals surface area contributed by atoms with Crippen LogP contribution in [0.2, 0.25) is 0 Å². The highest BCUT2D eigenvalue weighted by atomic mass is 31.2. The summed E-state index contributed by atoms with van der Waals surface area (Å²) in [5, 5.41) is 10.6. The van der Waals surface area contributed by atoms with Crippen LogP contribution in [0.5, 0.6) is 0 Å². The van der Waals surface area contributed by atoms with Crippen molar-refractivity contribution in [2.45, 2.75) is 375 Å². The number of esters is 4. The van der Waals surface area contributed by atoms with Gasteiger partial charge in [0.05, 0.1) is 26.4 Å². The topological polar surface area (TPSA) is 237 Å². The van der Waals surface area contributed by atoms with Gasteiger partial charge in [-0.25, -0.2) is 9.13 Å². The number of unbranched alkanes of at least 4 members (excludes halogenated alkanes) is 35. The molecular formula is C72H140O17P2. The predicted octanol–water partition coefficient (Wildman–Crippen LogP) is 20.5. The van der Waals surface area contributed by atoms with Crippen LogP contribution in [0.25, 0.3) is 0 Å². The number of carbonyl (C=O) groups is 4. The zero-order valence-corrected chi connectivity index (χ0v) is 61.3. The second-order valence-electron chi connectivity index (χ2n) is 27.9. The van der Waals surface area contributed by atoms with E-state index >= 15 is 0 Å². The maximum atomic E-state index is 13.0. The van der Waals surface area contributed by atoms with Gasteiger partial charge < -0.3 is 33.8 Å². The molecule has 0 rings (SSSR count). The molecule has 0 aromatic rings. The van der Waals surface area contributed by atoms with Gasteiger partial charge in [-0.1, -0.05) is 306 Å². The van der Waals surface area contributed by atoms with Gasteiger partial charge in [-0.3, -0.25) is 37.3 Å². The highest BCUT2D eigenvalue weighted by Gasteiger charge is 2.30. The molecule has 540 valence electrons. The standard InChI is InChI=1S/C72H140O17P2/c1-62(2)48-40-32-24-18-15-13-11-9-10-12-14-16-20-28-38-46-54-71(76)88-67(58-82-69(74)52-44-36-30-22-26-34-42-50-64(5)6)60-86-90(78,79)84-56-66(73)57-85-91(80,81)87-61-68(59-83-70(75)53-45-37-31-23-27-35-43-51-65(7)8)89-72(77)55-47-39-29-21-17-19-25-33-41-49-63(3)4/h62-68,73H,9-61H2,1-8H3,(H,78,79)(H,80,81)/t66?,67-,68-/m1/s1. The second-order valence-corrected chi connectivity index (χ2v) is 30.8. The smallest absolute Gasteiger partial charge is 0.462 e. The number of phosphoric acid groups is 2. The predicted molar refractivity (Wildman–Crippen MR) is 367 cm³/mol. The minimum atomic E-state index is -4.95. The van der Waals surface area contributed by atoms with E-state index in [0.29, 0.717) is 37.5 Å². The van der Waals surface area contributed by atoms with E-state index in [1.165, 1.54) is 148 Å². The van der Waals surface area contributed by atoms with E-state index in [1.807, 2.05) is 0 Å². The molecule has 0 saturated carbocycles. The Labute approximate surface area is 556 Å². The van der Waals surface area contributed by atoms with Gasteiger partial charge in [-0.2, -0.15) is 0 Å². The lowest BCUT2D eigenvalue weighted by Crippen LogP contribution is -2.30. The first kappa shape index (κ1) is 89.1. The first-order chi connectivity index (χ1) is 43.6. The average molecular weight is 1340 g/mol. The van der Waals surface area contributed by atoms with Gasteiger partial charge in [0.25, 0.3) is 0 Å². The summed E-state index contributed by atoms with van der Waals surface area (Å²) in [5.41, 5.74) is 0. The van der Waals surface area contributed by atoms with Crippen LogP contribution < -0.4 is 0 Å². The molecule has 0 heterocycles. The quantitative estimate of drug-likeness (QED) is 0.0222. The third kappa shape index (κ3) is 66.5. The van der Waals surface area contributed by atoms with E-state index in [9.17, 15) is 43.2 Å². The van der Waals surface area contributed by atoms with E-state index < -0.39 is 97.5 Å². The van der Waals surface area contributed by atoms with Crippen molar-refractivity contribution in [2.24, 2.45) is 23.7 Å². The molecule has 0 spiro atoms. The van der Waals surface area contributed by atoms with Gasteiger partial charge >= 0.3 is 39.5 Å². The highest BCUT2D eigenvalue weighted by molar-refractivity contribution is 7.47. The molecular weight excluding hydrogens is 1200 g/mol. The second kappa shape index (κ2) is 61.6. The largest absolute Gasteiger partial charge is 0.472 e. The SMILES string of the molecule is CC(C)CCCCCCCCCCCCCCCCCCC(=O)O[C@H](COC(=O)CCCCCCCCCC(C)C)COP(=O)(O)OCC(O)COP(=O)(O)OC[C@@H](COC(=O)CCCCCCCCCC(C)C)OC(=O)CCCCCCCCCCCC(C)C. The van der Waals surface area contributed by atoms with Gasteiger partial charge in [-0.15, -0.1) is 0 Å². The Morgan fingerprint density at radius 1 is 0.275 bits per heavy atom. The van der Waals surface area contributed by atoms with Crippen LogP contribution in [0, 0.1) is 23.7 Å². The summed E-state index contributed by atoms with van der Waals surface area (Å²) in [5.74, 6) is 0.827. The Morgan fingerprint density at radius 3 is 0.681 bits per heavy atom. The molecule has 3 unspecified atom stereocenters. The van der Waals surface area contributed by atoms with E-state index in [1.54, 1.807) is 0 Å². The third-order valence-electron chi connectivity index (χ3n) is 16.6. The molecule has 0 fully saturated rings. The molecule has 17 nitrogen and oxygen atoms in total. The minimum absolute atomic E-state index is 0.104. The van der Waals surface area contributed by atoms with Crippen LogP contribution in [0.15, 0.2) is 0 Å². The maximum absolute atomic E-state index is 13.0.